The third-order valence-corrected chi connectivity index (χ3v) is 4.38. The molecule has 1 atom stereocenters. The zero-order valence-corrected chi connectivity index (χ0v) is 15.1. The number of anilines is 1. The van der Waals surface area contributed by atoms with E-state index >= 15 is 0 Å². The molecule has 0 aliphatic carbocycles. The van der Waals surface area contributed by atoms with Gasteiger partial charge in [-0.3, -0.25) is 14.6 Å². The van der Waals surface area contributed by atoms with Crippen molar-refractivity contribution in [3.05, 3.63) is 59.9 Å². The van der Waals surface area contributed by atoms with E-state index in [1.807, 2.05) is 6.07 Å². The van der Waals surface area contributed by atoms with E-state index in [0.717, 1.165) is 5.56 Å². The Hall–Kier alpha value is -3.22. The van der Waals surface area contributed by atoms with Gasteiger partial charge in [0.05, 0.1) is 23.8 Å². The fraction of sp³-hybridized carbons (Fsp3) is 0.300. The van der Waals surface area contributed by atoms with Crippen LogP contribution in [0.5, 0.6) is 0 Å². The molecule has 1 N–H and O–H groups in total. The summed E-state index contributed by atoms with van der Waals surface area (Å²) in [7, 11) is 0. The molecule has 1 aliphatic rings. The van der Waals surface area contributed by atoms with E-state index in [1.165, 1.54) is 4.90 Å². The maximum Gasteiger partial charge on any atom is 0.340 e. The van der Waals surface area contributed by atoms with Crippen molar-refractivity contribution in [1.82, 2.24) is 10.3 Å². The quantitative estimate of drug-likeness (QED) is 0.788. The van der Waals surface area contributed by atoms with Crippen molar-refractivity contribution in [3.63, 3.8) is 0 Å². The number of carbonyl (C=O) groups is 3. The van der Waals surface area contributed by atoms with Gasteiger partial charge in [-0.05, 0) is 30.7 Å². The third kappa shape index (κ3) is 4.31. The second-order valence-electron chi connectivity index (χ2n) is 6.22. The Morgan fingerprint density at radius 2 is 2.07 bits per heavy atom. The fourth-order valence-electron chi connectivity index (χ4n) is 3.04. The summed E-state index contributed by atoms with van der Waals surface area (Å²) >= 11 is 0. The van der Waals surface area contributed by atoms with Crippen LogP contribution in [0.3, 0.4) is 0 Å². The van der Waals surface area contributed by atoms with E-state index in [9.17, 15) is 14.4 Å². The Balaban J connectivity index is 1.69. The molecule has 2 heterocycles. The van der Waals surface area contributed by atoms with Gasteiger partial charge in [0.15, 0.2) is 0 Å². The van der Waals surface area contributed by atoms with Gasteiger partial charge in [0.1, 0.15) is 0 Å². The van der Waals surface area contributed by atoms with Gasteiger partial charge in [0.2, 0.25) is 11.8 Å². The van der Waals surface area contributed by atoms with E-state index in [2.05, 4.69) is 10.3 Å². The normalized spacial score (nSPS) is 16.3. The lowest BCUT2D eigenvalue weighted by molar-refractivity contribution is -0.126. The molecule has 7 nitrogen and oxygen atoms in total. The highest BCUT2D eigenvalue weighted by molar-refractivity contribution is 6.05. The molecule has 0 spiro atoms. The molecule has 1 aromatic heterocycles. The molecule has 7 heteroatoms. The van der Waals surface area contributed by atoms with Gasteiger partial charge in [0, 0.05) is 31.9 Å². The van der Waals surface area contributed by atoms with Gasteiger partial charge in [-0.1, -0.05) is 18.2 Å². The molecule has 1 aromatic carbocycles. The van der Waals surface area contributed by atoms with Gasteiger partial charge in [0.25, 0.3) is 0 Å². The first-order valence-electron chi connectivity index (χ1n) is 8.83. The van der Waals surface area contributed by atoms with Crippen molar-refractivity contribution in [3.8, 4) is 0 Å². The van der Waals surface area contributed by atoms with Crippen molar-refractivity contribution in [1.29, 1.82) is 0 Å². The molecular weight excluding hydrogens is 346 g/mol. The number of nitrogens with one attached hydrogen (secondary N) is 1. The number of hydrogen-bond acceptors (Lipinski definition) is 5. The monoisotopic (exact) mass is 367 g/mol. The fourth-order valence-corrected chi connectivity index (χ4v) is 3.04. The van der Waals surface area contributed by atoms with Crippen LogP contribution in [-0.4, -0.2) is 35.9 Å². The van der Waals surface area contributed by atoms with Gasteiger partial charge >= 0.3 is 5.97 Å². The Labute approximate surface area is 157 Å². The zero-order chi connectivity index (χ0) is 19.2. The van der Waals surface area contributed by atoms with Gasteiger partial charge < -0.3 is 15.0 Å². The molecular formula is C20H21N3O4. The Morgan fingerprint density at radius 3 is 2.81 bits per heavy atom. The molecule has 2 aromatic rings. The van der Waals surface area contributed by atoms with Crippen LogP contribution < -0.4 is 10.2 Å². The highest BCUT2D eigenvalue weighted by atomic mass is 16.5. The number of carbonyl (C=O) groups excluding carboxylic acids is 3. The Morgan fingerprint density at radius 1 is 1.26 bits per heavy atom. The predicted molar refractivity (Wildman–Crippen MR) is 98.9 cm³/mol. The zero-order valence-electron chi connectivity index (χ0n) is 15.1. The van der Waals surface area contributed by atoms with Crippen LogP contribution in [0.4, 0.5) is 5.69 Å². The predicted octanol–water partition coefficient (Wildman–Crippen LogP) is 1.93. The number of amides is 2. The van der Waals surface area contributed by atoms with Crippen molar-refractivity contribution >= 4 is 23.5 Å². The number of hydrogen-bond donors (Lipinski definition) is 1. The summed E-state index contributed by atoms with van der Waals surface area (Å²) in [5.74, 6) is -1.33. The lowest BCUT2D eigenvalue weighted by Crippen LogP contribution is -2.33. The van der Waals surface area contributed by atoms with E-state index in [1.54, 1.807) is 49.6 Å². The molecule has 2 amide bonds. The first kappa shape index (κ1) is 18.6. The van der Waals surface area contributed by atoms with Gasteiger partial charge in [-0.25, -0.2) is 4.79 Å². The van der Waals surface area contributed by atoms with Crippen molar-refractivity contribution in [2.75, 3.05) is 18.1 Å². The van der Waals surface area contributed by atoms with E-state index in [0.29, 0.717) is 17.8 Å². The first-order valence-corrected chi connectivity index (χ1v) is 8.83. The largest absolute Gasteiger partial charge is 0.462 e. The summed E-state index contributed by atoms with van der Waals surface area (Å²) in [6.45, 7) is 2.57. The lowest BCUT2D eigenvalue weighted by Gasteiger charge is -2.19. The third-order valence-electron chi connectivity index (χ3n) is 4.38. The second kappa shape index (κ2) is 8.44. The maximum atomic E-state index is 12.5. The topological polar surface area (TPSA) is 88.6 Å². The number of para-hydroxylation sites is 1. The van der Waals surface area contributed by atoms with Crippen molar-refractivity contribution < 1.29 is 19.1 Å². The van der Waals surface area contributed by atoms with Crippen LogP contribution in [0.1, 0.15) is 29.3 Å². The van der Waals surface area contributed by atoms with Crippen LogP contribution in [0.25, 0.3) is 0 Å². The summed E-state index contributed by atoms with van der Waals surface area (Å²) in [4.78, 5) is 42.6. The molecule has 1 fully saturated rings. The van der Waals surface area contributed by atoms with Crippen LogP contribution in [0.15, 0.2) is 48.8 Å². The summed E-state index contributed by atoms with van der Waals surface area (Å²) in [5.41, 5.74) is 1.69. The minimum Gasteiger partial charge on any atom is -0.462 e. The highest BCUT2D eigenvalue weighted by Crippen LogP contribution is 2.28. The molecule has 0 radical (unpaired) electrons. The highest BCUT2D eigenvalue weighted by Gasteiger charge is 2.36. The lowest BCUT2D eigenvalue weighted by atomic mass is 10.1. The summed E-state index contributed by atoms with van der Waals surface area (Å²) in [6.07, 6.45) is 3.46. The average Bonchev–Trinajstić information content (AvgIpc) is 3.09. The number of rotatable bonds is 6. The molecule has 0 bridgehead atoms. The van der Waals surface area contributed by atoms with Crippen molar-refractivity contribution in [2.45, 2.75) is 19.9 Å². The Bertz CT molecular complexity index is 838. The number of ether oxygens (including phenoxy) is 1. The molecule has 1 aliphatic heterocycles. The number of benzene rings is 1. The molecule has 27 heavy (non-hydrogen) atoms. The van der Waals surface area contributed by atoms with Gasteiger partial charge in [-0.15, -0.1) is 0 Å². The molecule has 0 saturated carbocycles. The number of esters is 1. The van der Waals surface area contributed by atoms with Crippen LogP contribution in [0, 0.1) is 5.92 Å². The number of nitrogens with zero attached hydrogens (tertiary/aromatic N) is 2. The number of pyridine rings is 1. The number of aromatic nitrogens is 1. The Kier molecular flexibility index (Phi) is 5.80. The molecule has 3 rings (SSSR count). The molecule has 140 valence electrons. The average molecular weight is 367 g/mol. The van der Waals surface area contributed by atoms with Crippen LogP contribution in [0.2, 0.25) is 0 Å². The summed E-state index contributed by atoms with van der Waals surface area (Å²) < 4.78 is 5.06. The first-order chi connectivity index (χ1) is 13.1. The van der Waals surface area contributed by atoms with E-state index in [-0.39, 0.29) is 31.4 Å². The minimum absolute atomic E-state index is 0.107. The van der Waals surface area contributed by atoms with Crippen molar-refractivity contribution in [2.24, 2.45) is 5.92 Å². The minimum atomic E-state index is -0.481. The van der Waals surface area contributed by atoms with E-state index in [4.69, 9.17) is 4.74 Å². The molecule has 1 unspecified atom stereocenters. The standard InChI is InChI=1S/C20H21N3O4/c1-2-27-20(26)16-7-3-4-8-17(16)23-13-15(10-18(23)24)19(25)22-12-14-6-5-9-21-11-14/h3-9,11,15H,2,10,12-13H2,1H3,(H,22,25). The smallest absolute Gasteiger partial charge is 0.340 e. The summed E-state index contributed by atoms with van der Waals surface area (Å²) in [6, 6.07) is 10.5. The van der Waals surface area contributed by atoms with Crippen LogP contribution in [-0.2, 0) is 20.9 Å². The summed E-state index contributed by atoms with van der Waals surface area (Å²) in [5, 5.41) is 2.84. The SMILES string of the molecule is CCOC(=O)c1ccccc1N1CC(C(=O)NCc2cccnc2)CC1=O. The second-order valence-corrected chi connectivity index (χ2v) is 6.22. The maximum absolute atomic E-state index is 12.5. The van der Waals surface area contributed by atoms with E-state index < -0.39 is 11.9 Å². The van der Waals surface area contributed by atoms with Crippen LogP contribution >= 0.6 is 0 Å². The van der Waals surface area contributed by atoms with Gasteiger partial charge in [-0.2, -0.15) is 0 Å². The molecule has 1 saturated heterocycles.